The van der Waals surface area contributed by atoms with E-state index in [2.05, 4.69) is 31.7 Å². The van der Waals surface area contributed by atoms with Crippen LogP contribution in [0.15, 0.2) is 0 Å². The number of terminal acetylenes is 1. The monoisotopic (exact) mass is 195 g/mol. The standard InChI is InChI=1S/C12H21NO/c1-5-11(6-2)10-13(4)9-8-12(11,14)7-3/h3,14H,5-6,8-10H2,1-2,4H3. The fraction of sp³-hybridized carbons (Fsp3) is 0.833. The summed E-state index contributed by atoms with van der Waals surface area (Å²) in [6.45, 7) is 6.03. The van der Waals surface area contributed by atoms with E-state index in [0.717, 1.165) is 25.9 Å². The molecule has 1 heterocycles. The van der Waals surface area contributed by atoms with Crippen molar-refractivity contribution in [1.82, 2.24) is 4.90 Å². The first-order chi connectivity index (χ1) is 6.53. The van der Waals surface area contributed by atoms with Gasteiger partial charge in [-0.15, -0.1) is 6.42 Å². The predicted octanol–water partition coefficient (Wildman–Crippen LogP) is 1.49. The van der Waals surface area contributed by atoms with Crippen LogP contribution in [-0.4, -0.2) is 35.7 Å². The van der Waals surface area contributed by atoms with Gasteiger partial charge >= 0.3 is 0 Å². The third-order valence-electron chi connectivity index (χ3n) is 3.90. The van der Waals surface area contributed by atoms with Crippen LogP contribution in [0.5, 0.6) is 0 Å². The molecule has 0 aromatic rings. The van der Waals surface area contributed by atoms with Crippen molar-refractivity contribution >= 4 is 0 Å². The van der Waals surface area contributed by atoms with E-state index in [1.165, 1.54) is 0 Å². The van der Waals surface area contributed by atoms with Gasteiger partial charge in [-0.05, 0) is 19.9 Å². The maximum atomic E-state index is 10.4. The lowest BCUT2D eigenvalue weighted by atomic mass is 9.64. The van der Waals surface area contributed by atoms with Crippen molar-refractivity contribution in [2.75, 3.05) is 20.1 Å². The molecule has 0 radical (unpaired) electrons. The normalized spacial score (nSPS) is 32.5. The molecule has 2 heteroatoms. The first kappa shape index (κ1) is 11.6. The van der Waals surface area contributed by atoms with Gasteiger partial charge in [-0.2, -0.15) is 0 Å². The summed E-state index contributed by atoms with van der Waals surface area (Å²) in [7, 11) is 2.09. The number of hydrogen-bond donors (Lipinski definition) is 1. The van der Waals surface area contributed by atoms with Gasteiger partial charge in [0, 0.05) is 24.9 Å². The molecule has 1 aliphatic rings. The molecule has 80 valence electrons. The molecule has 0 spiro atoms. The highest BCUT2D eigenvalue weighted by Crippen LogP contribution is 2.43. The Bertz CT molecular complexity index is 239. The SMILES string of the molecule is C#CC1(O)CCN(C)CC1(CC)CC. The minimum Gasteiger partial charge on any atom is -0.377 e. The minimum atomic E-state index is -0.900. The maximum Gasteiger partial charge on any atom is 0.133 e. The molecule has 1 unspecified atom stereocenters. The first-order valence-corrected chi connectivity index (χ1v) is 5.42. The fourth-order valence-electron chi connectivity index (χ4n) is 2.63. The molecule has 14 heavy (non-hydrogen) atoms. The average molecular weight is 195 g/mol. The second-order valence-electron chi connectivity index (χ2n) is 4.48. The van der Waals surface area contributed by atoms with Crippen LogP contribution in [0.3, 0.4) is 0 Å². The van der Waals surface area contributed by atoms with Crippen molar-refractivity contribution in [3.8, 4) is 12.3 Å². The van der Waals surface area contributed by atoms with Crippen LogP contribution in [-0.2, 0) is 0 Å². The highest BCUT2D eigenvalue weighted by atomic mass is 16.3. The molecule has 1 rings (SSSR count). The molecule has 0 aromatic carbocycles. The summed E-state index contributed by atoms with van der Waals surface area (Å²) in [5, 5.41) is 10.4. The van der Waals surface area contributed by atoms with Crippen LogP contribution in [0, 0.1) is 17.8 Å². The zero-order valence-corrected chi connectivity index (χ0v) is 9.51. The summed E-state index contributed by atoms with van der Waals surface area (Å²) in [5.41, 5.74) is -1.02. The summed E-state index contributed by atoms with van der Waals surface area (Å²) < 4.78 is 0. The van der Waals surface area contributed by atoms with Crippen molar-refractivity contribution < 1.29 is 5.11 Å². The Morgan fingerprint density at radius 2 is 2.00 bits per heavy atom. The fourth-order valence-corrected chi connectivity index (χ4v) is 2.63. The molecule has 1 aliphatic heterocycles. The number of aliphatic hydroxyl groups is 1. The lowest BCUT2D eigenvalue weighted by Crippen LogP contribution is -2.58. The highest BCUT2D eigenvalue weighted by Gasteiger charge is 2.49. The zero-order chi connectivity index (χ0) is 10.8. The van der Waals surface area contributed by atoms with E-state index in [-0.39, 0.29) is 5.41 Å². The Kier molecular flexibility index (Phi) is 3.24. The smallest absolute Gasteiger partial charge is 0.133 e. The van der Waals surface area contributed by atoms with Crippen molar-refractivity contribution in [3.63, 3.8) is 0 Å². The second kappa shape index (κ2) is 3.92. The molecule has 1 atom stereocenters. The molecule has 0 bridgehead atoms. The quantitative estimate of drug-likeness (QED) is 0.675. The van der Waals surface area contributed by atoms with Crippen LogP contribution >= 0.6 is 0 Å². The lowest BCUT2D eigenvalue weighted by molar-refractivity contribution is -0.0948. The van der Waals surface area contributed by atoms with Crippen LogP contribution < -0.4 is 0 Å². The van der Waals surface area contributed by atoms with Crippen LogP contribution in [0.4, 0.5) is 0 Å². The second-order valence-corrected chi connectivity index (χ2v) is 4.48. The van der Waals surface area contributed by atoms with Crippen LogP contribution in [0.1, 0.15) is 33.1 Å². The van der Waals surface area contributed by atoms with Crippen LogP contribution in [0.2, 0.25) is 0 Å². The molecular formula is C12H21NO. The zero-order valence-electron chi connectivity index (χ0n) is 9.51. The van der Waals surface area contributed by atoms with E-state index in [1.807, 2.05) is 0 Å². The third kappa shape index (κ3) is 1.55. The molecule has 2 nitrogen and oxygen atoms in total. The van der Waals surface area contributed by atoms with Gasteiger partial charge < -0.3 is 10.0 Å². The Hall–Kier alpha value is -0.520. The number of hydrogen-bond acceptors (Lipinski definition) is 2. The number of rotatable bonds is 2. The highest BCUT2D eigenvalue weighted by molar-refractivity contribution is 5.18. The maximum absolute atomic E-state index is 10.4. The van der Waals surface area contributed by atoms with E-state index in [0.29, 0.717) is 6.42 Å². The van der Waals surface area contributed by atoms with Crippen molar-refractivity contribution in [2.24, 2.45) is 5.41 Å². The molecular weight excluding hydrogens is 174 g/mol. The lowest BCUT2D eigenvalue weighted by Gasteiger charge is -2.50. The molecule has 0 aliphatic carbocycles. The van der Waals surface area contributed by atoms with Gasteiger partial charge in [0.25, 0.3) is 0 Å². The minimum absolute atomic E-state index is 0.116. The van der Waals surface area contributed by atoms with E-state index in [9.17, 15) is 5.11 Å². The molecule has 0 aromatic heterocycles. The molecule has 1 saturated heterocycles. The Labute approximate surface area is 87.3 Å². The Morgan fingerprint density at radius 3 is 2.43 bits per heavy atom. The summed E-state index contributed by atoms with van der Waals surface area (Å²) >= 11 is 0. The topological polar surface area (TPSA) is 23.5 Å². The Balaban J connectivity index is 3.00. The van der Waals surface area contributed by atoms with Gasteiger partial charge in [0.15, 0.2) is 0 Å². The third-order valence-corrected chi connectivity index (χ3v) is 3.90. The van der Waals surface area contributed by atoms with Gasteiger partial charge in [-0.1, -0.05) is 19.8 Å². The van der Waals surface area contributed by atoms with E-state index < -0.39 is 5.60 Å². The predicted molar refractivity (Wildman–Crippen MR) is 58.9 cm³/mol. The van der Waals surface area contributed by atoms with Gasteiger partial charge in [0.05, 0.1) is 0 Å². The molecule has 0 saturated carbocycles. The van der Waals surface area contributed by atoms with Gasteiger partial charge in [0.2, 0.25) is 0 Å². The van der Waals surface area contributed by atoms with Crippen molar-refractivity contribution in [1.29, 1.82) is 0 Å². The summed E-state index contributed by atoms with van der Waals surface area (Å²) in [6.07, 6.45) is 8.07. The van der Waals surface area contributed by atoms with E-state index >= 15 is 0 Å². The summed E-state index contributed by atoms with van der Waals surface area (Å²) in [5.74, 6) is 2.62. The largest absolute Gasteiger partial charge is 0.377 e. The number of piperidine rings is 1. The van der Waals surface area contributed by atoms with Gasteiger partial charge in [0.1, 0.15) is 5.60 Å². The molecule has 1 fully saturated rings. The molecule has 1 N–H and O–H groups in total. The number of nitrogens with zero attached hydrogens (tertiary/aromatic N) is 1. The van der Waals surface area contributed by atoms with E-state index in [4.69, 9.17) is 6.42 Å². The Morgan fingerprint density at radius 1 is 1.43 bits per heavy atom. The first-order valence-electron chi connectivity index (χ1n) is 5.42. The number of likely N-dealkylation sites (tertiary alicyclic amines) is 1. The van der Waals surface area contributed by atoms with Crippen LogP contribution in [0.25, 0.3) is 0 Å². The van der Waals surface area contributed by atoms with Crippen molar-refractivity contribution in [2.45, 2.75) is 38.7 Å². The summed E-state index contributed by atoms with van der Waals surface area (Å²) in [6, 6.07) is 0. The molecule has 0 amide bonds. The average Bonchev–Trinajstić information content (AvgIpc) is 2.22. The van der Waals surface area contributed by atoms with Gasteiger partial charge in [-0.25, -0.2) is 0 Å². The summed E-state index contributed by atoms with van der Waals surface area (Å²) in [4.78, 5) is 2.26. The van der Waals surface area contributed by atoms with E-state index in [1.54, 1.807) is 0 Å². The van der Waals surface area contributed by atoms with Gasteiger partial charge in [-0.3, -0.25) is 0 Å². The van der Waals surface area contributed by atoms with Crippen molar-refractivity contribution in [3.05, 3.63) is 0 Å².